The Kier molecular flexibility index (Phi) is 3.80. The third-order valence-electron chi connectivity index (χ3n) is 3.27. The van der Waals surface area contributed by atoms with Gasteiger partial charge in [-0.05, 0) is 18.2 Å². The molecule has 2 heterocycles. The molecule has 1 aromatic carbocycles. The quantitative estimate of drug-likeness (QED) is 0.762. The molecule has 0 saturated carbocycles. The maximum Gasteiger partial charge on any atom is 0.252 e. The Labute approximate surface area is 125 Å². The molecule has 0 aliphatic rings. The summed E-state index contributed by atoms with van der Waals surface area (Å²) in [5, 5.41) is 20.1. The first-order chi connectivity index (χ1) is 10.6. The molecule has 0 aliphatic heterocycles. The van der Waals surface area contributed by atoms with Crippen LogP contribution in [0.15, 0.2) is 48.9 Å². The lowest BCUT2D eigenvalue weighted by Crippen LogP contribution is -2.28. The Morgan fingerprint density at radius 2 is 2.14 bits per heavy atom. The summed E-state index contributed by atoms with van der Waals surface area (Å²) in [7, 11) is 0. The maximum absolute atomic E-state index is 13.5. The molecule has 1 unspecified atom stereocenters. The van der Waals surface area contributed by atoms with E-state index in [0.717, 1.165) is 0 Å². The van der Waals surface area contributed by atoms with Gasteiger partial charge in [0.05, 0.1) is 11.7 Å². The minimum atomic E-state index is -1.11. The lowest BCUT2D eigenvalue weighted by molar-refractivity contribution is 0.0913. The highest BCUT2D eigenvalue weighted by molar-refractivity contribution is 5.94. The summed E-state index contributed by atoms with van der Waals surface area (Å²) in [6, 6.07) is 9.18. The number of aliphatic hydroxyl groups excluding tert-OH is 1. The summed E-state index contributed by atoms with van der Waals surface area (Å²) in [4.78, 5) is 12.1. The van der Waals surface area contributed by atoms with E-state index in [4.69, 9.17) is 0 Å². The Morgan fingerprint density at radius 3 is 2.95 bits per heavy atom. The fourth-order valence-electron chi connectivity index (χ4n) is 2.11. The summed E-state index contributed by atoms with van der Waals surface area (Å²) < 4.78 is 15.1. The monoisotopic (exact) mass is 300 g/mol. The molecular weight excluding hydrogens is 287 g/mol. The van der Waals surface area contributed by atoms with Gasteiger partial charge in [0.25, 0.3) is 5.91 Å². The molecule has 3 rings (SSSR count). The second-order valence-electron chi connectivity index (χ2n) is 4.76. The van der Waals surface area contributed by atoms with Crippen LogP contribution < -0.4 is 5.32 Å². The average molecular weight is 300 g/mol. The summed E-state index contributed by atoms with van der Waals surface area (Å²) in [5.74, 6) is -0.874. The van der Waals surface area contributed by atoms with Crippen LogP contribution in [-0.4, -0.2) is 32.2 Å². The molecule has 0 aliphatic carbocycles. The van der Waals surface area contributed by atoms with Gasteiger partial charge in [0.2, 0.25) is 0 Å². The van der Waals surface area contributed by atoms with Gasteiger partial charge in [-0.1, -0.05) is 18.2 Å². The van der Waals surface area contributed by atoms with Crippen molar-refractivity contribution in [3.63, 3.8) is 0 Å². The molecule has 0 spiro atoms. The van der Waals surface area contributed by atoms with Gasteiger partial charge in [0.1, 0.15) is 12.1 Å². The highest BCUT2D eigenvalue weighted by Crippen LogP contribution is 2.15. The predicted octanol–water partition coefficient (Wildman–Crippen LogP) is 1.33. The molecule has 0 saturated heterocycles. The van der Waals surface area contributed by atoms with E-state index in [0.29, 0.717) is 11.2 Å². The van der Waals surface area contributed by atoms with Gasteiger partial charge >= 0.3 is 0 Å². The van der Waals surface area contributed by atoms with Crippen LogP contribution in [0.1, 0.15) is 22.0 Å². The molecule has 1 atom stereocenters. The first kappa shape index (κ1) is 14.2. The number of amides is 1. The van der Waals surface area contributed by atoms with Crippen molar-refractivity contribution in [3.05, 3.63) is 65.9 Å². The molecule has 2 N–H and O–H groups in total. The first-order valence-electron chi connectivity index (χ1n) is 6.65. The van der Waals surface area contributed by atoms with E-state index in [1.54, 1.807) is 34.9 Å². The second kappa shape index (κ2) is 5.90. The van der Waals surface area contributed by atoms with Crippen molar-refractivity contribution in [1.82, 2.24) is 19.9 Å². The fourth-order valence-corrected chi connectivity index (χ4v) is 2.11. The van der Waals surface area contributed by atoms with Gasteiger partial charge in [0, 0.05) is 18.3 Å². The summed E-state index contributed by atoms with van der Waals surface area (Å²) in [5.41, 5.74) is 1.17. The number of nitrogens with zero attached hydrogens (tertiary/aromatic N) is 3. The molecule has 3 aromatic rings. The predicted molar refractivity (Wildman–Crippen MR) is 76.7 cm³/mol. The van der Waals surface area contributed by atoms with Gasteiger partial charge in [-0.2, -0.15) is 0 Å². The number of hydrogen-bond acceptors (Lipinski definition) is 4. The summed E-state index contributed by atoms with van der Waals surface area (Å²) in [6.45, 7) is -0.0834. The highest BCUT2D eigenvalue weighted by atomic mass is 19.1. The number of aliphatic hydroxyl groups is 1. The SMILES string of the molecule is O=C(NCC(O)c1ccccc1F)c1ccc2nncn2c1. The third kappa shape index (κ3) is 2.79. The number of halogens is 1. The van der Waals surface area contributed by atoms with Crippen LogP contribution in [0.4, 0.5) is 4.39 Å². The lowest BCUT2D eigenvalue weighted by Gasteiger charge is -2.13. The van der Waals surface area contributed by atoms with E-state index in [1.807, 2.05) is 0 Å². The number of benzene rings is 1. The fraction of sp³-hybridized carbons (Fsp3) is 0.133. The zero-order valence-corrected chi connectivity index (χ0v) is 11.5. The van der Waals surface area contributed by atoms with Crippen molar-refractivity contribution < 1.29 is 14.3 Å². The van der Waals surface area contributed by atoms with E-state index < -0.39 is 11.9 Å². The van der Waals surface area contributed by atoms with Gasteiger partial charge in [-0.15, -0.1) is 10.2 Å². The van der Waals surface area contributed by atoms with Crippen molar-refractivity contribution in [2.24, 2.45) is 0 Å². The van der Waals surface area contributed by atoms with E-state index in [-0.39, 0.29) is 18.0 Å². The van der Waals surface area contributed by atoms with E-state index in [1.165, 1.54) is 18.5 Å². The zero-order valence-electron chi connectivity index (χ0n) is 11.5. The minimum Gasteiger partial charge on any atom is -0.386 e. The van der Waals surface area contributed by atoms with Crippen molar-refractivity contribution in [1.29, 1.82) is 0 Å². The Bertz CT molecular complexity index is 818. The van der Waals surface area contributed by atoms with E-state index >= 15 is 0 Å². The van der Waals surface area contributed by atoms with Crippen molar-refractivity contribution in [2.45, 2.75) is 6.10 Å². The number of hydrogen-bond donors (Lipinski definition) is 2. The zero-order chi connectivity index (χ0) is 15.5. The number of nitrogens with one attached hydrogen (secondary N) is 1. The van der Waals surface area contributed by atoms with Crippen LogP contribution in [-0.2, 0) is 0 Å². The Morgan fingerprint density at radius 1 is 1.32 bits per heavy atom. The molecule has 1 amide bonds. The minimum absolute atomic E-state index is 0.0834. The first-order valence-corrected chi connectivity index (χ1v) is 6.65. The number of aromatic nitrogens is 3. The number of rotatable bonds is 4. The molecular formula is C15H13FN4O2. The second-order valence-corrected chi connectivity index (χ2v) is 4.76. The molecule has 6 nitrogen and oxygen atoms in total. The Balaban J connectivity index is 1.68. The molecule has 112 valence electrons. The summed E-state index contributed by atoms with van der Waals surface area (Å²) in [6.07, 6.45) is 1.96. The van der Waals surface area contributed by atoms with Gasteiger partial charge < -0.3 is 10.4 Å². The molecule has 7 heteroatoms. The van der Waals surface area contributed by atoms with Gasteiger partial charge in [-0.25, -0.2) is 4.39 Å². The van der Waals surface area contributed by atoms with Crippen LogP contribution in [0.2, 0.25) is 0 Å². The smallest absolute Gasteiger partial charge is 0.252 e. The van der Waals surface area contributed by atoms with Crippen molar-refractivity contribution in [2.75, 3.05) is 6.54 Å². The number of fused-ring (bicyclic) bond motifs is 1. The van der Waals surface area contributed by atoms with Crippen LogP contribution in [0.5, 0.6) is 0 Å². The third-order valence-corrected chi connectivity index (χ3v) is 3.27. The normalized spacial score (nSPS) is 12.3. The number of carbonyl (C=O) groups excluding carboxylic acids is 1. The van der Waals surface area contributed by atoms with Crippen LogP contribution >= 0.6 is 0 Å². The lowest BCUT2D eigenvalue weighted by atomic mass is 10.1. The van der Waals surface area contributed by atoms with E-state index in [2.05, 4.69) is 15.5 Å². The maximum atomic E-state index is 13.5. The topological polar surface area (TPSA) is 79.5 Å². The molecule has 22 heavy (non-hydrogen) atoms. The largest absolute Gasteiger partial charge is 0.386 e. The standard InChI is InChI=1S/C15H13FN4O2/c16-12-4-2-1-3-11(12)13(21)7-17-15(22)10-5-6-14-19-18-9-20(14)8-10/h1-6,8-9,13,21H,7H2,(H,17,22). The Hall–Kier alpha value is -2.80. The molecule has 0 bridgehead atoms. The molecule has 2 aromatic heterocycles. The average Bonchev–Trinajstić information content (AvgIpc) is 3.00. The van der Waals surface area contributed by atoms with Gasteiger partial charge in [0.15, 0.2) is 5.65 Å². The van der Waals surface area contributed by atoms with E-state index in [9.17, 15) is 14.3 Å². The van der Waals surface area contributed by atoms with Crippen LogP contribution in [0, 0.1) is 5.82 Å². The highest BCUT2D eigenvalue weighted by Gasteiger charge is 2.14. The molecule has 0 radical (unpaired) electrons. The van der Waals surface area contributed by atoms with Crippen molar-refractivity contribution >= 4 is 11.6 Å². The summed E-state index contributed by atoms with van der Waals surface area (Å²) >= 11 is 0. The number of pyridine rings is 1. The number of carbonyl (C=O) groups is 1. The van der Waals surface area contributed by atoms with Gasteiger partial charge in [-0.3, -0.25) is 9.20 Å². The molecule has 0 fully saturated rings. The van der Waals surface area contributed by atoms with Crippen molar-refractivity contribution in [3.8, 4) is 0 Å². The van der Waals surface area contributed by atoms with Crippen LogP contribution in [0.3, 0.4) is 0 Å². The van der Waals surface area contributed by atoms with Crippen LogP contribution in [0.25, 0.3) is 5.65 Å².